The summed E-state index contributed by atoms with van der Waals surface area (Å²) in [5.74, 6) is 0. The van der Waals surface area contributed by atoms with Crippen LogP contribution in [0.2, 0.25) is 5.02 Å². The minimum atomic E-state index is -3.46. The van der Waals surface area contributed by atoms with E-state index in [1.165, 1.54) is 12.1 Å². The van der Waals surface area contributed by atoms with Crippen molar-refractivity contribution >= 4 is 37.6 Å². The maximum absolute atomic E-state index is 12.0. The molecule has 2 rings (SSSR count). The van der Waals surface area contributed by atoms with E-state index in [0.717, 1.165) is 13.0 Å². The highest BCUT2D eigenvalue weighted by atomic mass is 79.9. The zero-order valence-electron chi connectivity index (χ0n) is 8.91. The van der Waals surface area contributed by atoms with Gasteiger partial charge in [0, 0.05) is 17.1 Å². The maximum atomic E-state index is 12.0. The summed E-state index contributed by atoms with van der Waals surface area (Å²) in [5, 5.41) is 3.60. The molecule has 2 N–H and O–H groups in total. The second-order valence-electron chi connectivity index (χ2n) is 3.89. The first-order valence-electron chi connectivity index (χ1n) is 5.17. The molecule has 0 aliphatic carbocycles. The molecule has 1 aromatic rings. The number of rotatable bonds is 3. The van der Waals surface area contributed by atoms with Gasteiger partial charge in [0.15, 0.2) is 0 Å². The third kappa shape index (κ3) is 3.20. The van der Waals surface area contributed by atoms with E-state index < -0.39 is 10.0 Å². The van der Waals surface area contributed by atoms with Crippen molar-refractivity contribution in [1.29, 1.82) is 0 Å². The molecule has 7 heteroatoms. The Balaban J connectivity index is 2.21. The summed E-state index contributed by atoms with van der Waals surface area (Å²) in [5.41, 5.74) is 0. The Kier molecular flexibility index (Phi) is 4.10. The number of halogens is 2. The van der Waals surface area contributed by atoms with Crippen LogP contribution in [0.3, 0.4) is 0 Å². The van der Waals surface area contributed by atoms with Gasteiger partial charge in [0.2, 0.25) is 10.0 Å². The molecule has 1 saturated heterocycles. The molecule has 94 valence electrons. The molecule has 0 spiro atoms. The fraction of sp³-hybridized carbons (Fsp3) is 0.400. The summed E-state index contributed by atoms with van der Waals surface area (Å²) in [6, 6.07) is 4.53. The summed E-state index contributed by atoms with van der Waals surface area (Å²) >= 11 is 9.04. The van der Waals surface area contributed by atoms with Crippen LogP contribution < -0.4 is 10.0 Å². The Morgan fingerprint density at radius 1 is 1.47 bits per heavy atom. The lowest BCUT2D eigenvalue weighted by Crippen LogP contribution is -2.36. The van der Waals surface area contributed by atoms with Gasteiger partial charge >= 0.3 is 0 Å². The topological polar surface area (TPSA) is 58.2 Å². The van der Waals surface area contributed by atoms with Crippen molar-refractivity contribution in [2.24, 2.45) is 0 Å². The lowest BCUT2D eigenvalue weighted by molar-refractivity contribution is 0.560. The third-order valence-electron chi connectivity index (χ3n) is 2.58. The summed E-state index contributed by atoms with van der Waals surface area (Å²) in [4.78, 5) is 0.223. The van der Waals surface area contributed by atoms with Gasteiger partial charge in [-0.25, -0.2) is 13.1 Å². The third-order valence-corrected chi connectivity index (χ3v) is 5.32. The minimum absolute atomic E-state index is 0.0329. The molecule has 1 aliphatic rings. The van der Waals surface area contributed by atoms with E-state index in [1.807, 2.05) is 0 Å². The largest absolute Gasteiger partial charge is 0.315 e. The van der Waals surface area contributed by atoms with Gasteiger partial charge in [-0.1, -0.05) is 11.6 Å². The van der Waals surface area contributed by atoms with E-state index in [9.17, 15) is 8.42 Å². The number of nitrogens with one attached hydrogen (secondary N) is 2. The van der Waals surface area contributed by atoms with Crippen LogP contribution in [0.25, 0.3) is 0 Å². The molecule has 1 aliphatic heterocycles. The van der Waals surface area contributed by atoms with E-state index in [1.54, 1.807) is 6.07 Å². The van der Waals surface area contributed by atoms with Gasteiger partial charge in [0.05, 0.1) is 9.92 Å². The molecule has 0 bridgehead atoms. The molecule has 0 amide bonds. The van der Waals surface area contributed by atoms with Crippen molar-refractivity contribution in [2.45, 2.75) is 17.4 Å². The van der Waals surface area contributed by atoms with E-state index in [-0.39, 0.29) is 10.9 Å². The van der Waals surface area contributed by atoms with Crippen molar-refractivity contribution in [3.8, 4) is 0 Å². The molecular formula is C10H12BrClN2O2S. The zero-order chi connectivity index (χ0) is 12.5. The second kappa shape index (κ2) is 5.24. The normalized spacial score (nSPS) is 20.7. The molecule has 0 unspecified atom stereocenters. The molecular weight excluding hydrogens is 328 g/mol. The molecule has 1 heterocycles. The predicted molar refractivity (Wildman–Crippen MR) is 70.7 cm³/mol. The highest BCUT2D eigenvalue weighted by molar-refractivity contribution is 9.10. The van der Waals surface area contributed by atoms with Gasteiger partial charge in [0.25, 0.3) is 0 Å². The molecule has 17 heavy (non-hydrogen) atoms. The average molecular weight is 340 g/mol. The van der Waals surface area contributed by atoms with Crippen LogP contribution in [-0.2, 0) is 10.0 Å². The molecule has 4 nitrogen and oxygen atoms in total. The SMILES string of the molecule is O=S(=O)(N[C@H]1CCNC1)c1ccc(Cl)c(Br)c1. The van der Waals surface area contributed by atoms with Gasteiger partial charge in [0.1, 0.15) is 0 Å². The molecule has 0 saturated carbocycles. The summed E-state index contributed by atoms with van der Waals surface area (Å²) < 4.78 is 27.3. The Labute approximate surface area is 114 Å². The predicted octanol–water partition coefficient (Wildman–Crippen LogP) is 1.74. The first kappa shape index (κ1) is 13.3. The van der Waals surface area contributed by atoms with E-state index in [0.29, 0.717) is 16.0 Å². The van der Waals surface area contributed by atoms with Crippen LogP contribution in [0, 0.1) is 0 Å². The first-order valence-corrected chi connectivity index (χ1v) is 7.82. The Morgan fingerprint density at radius 3 is 2.82 bits per heavy atom. The number of benzene rings is 1. The quantitative estimate of drug-likeness (QED) is 0.882. The standard InChI is InChI=1S/C10H12BrClN2O2S/c11-9-5-8(1-2-10(9)12)17(15,16)14-7-3-4-13-6-7/h1-2,5,7,13-14H,3-4,6H2/t7-/m0/s1. The highest BCUT2D eigenvalue weighted by Crippen LogP contribution is 2.25. The lowest BCUT2D eigenvalue weighted by Gasteiger charge is -2.12. The van der Waals surface area contributed by atoms with Gasteiger partial charge in [-0.3, -0.25) is 0 Å². The lowest BCUT2D eigenvalue weighted by atomic mass is 10.3. The van der Waals surface area contributed by atoms with Crippen molar-refractivity contribution in [3.63, 3.8) is 0 Å². The average Bonchev–Trinajstić information content (AvgIpc) is 2.73. The Hall–Kier alpha value is -0.140. The van der Waals surface area contributed by atoms with E-state index >= 15 is 0 Å². The second-order valence-corrected chi connectivity index (χ2v) is 6.86. The van der Waals surface area contributed by atoms with Crippen LogP contribution in [0.5, 0.6) is 0 Å². The van der Waals surface area contributed by atoms with Crippen LogP contribution in [0.1, 0.15) is 6.42 Å². The van der Waals surface area contributed by atoms with Crippen LogP contribution in [-0.4, -0.2) is 27.5 Å². The number of hydrogen-bond donors (Lipinski definition) is 2. The maximum Gasteiger partial charge on any atom is 0.240 e. The van der Waals surface area contributed by atoms with Crippen LogP contribution >= 0.6 is 27.5 Å². The molecule has 1 fully saturated rings. The van der Waals surface area contributed by atoms with E-state index in [2.05, 4.69) is 26.0 Å². The van der Waals surface area contributed by atoms with Gasteiger partial charge in [-0.2, -0.15) is 0 Å². The molecule has 1 atom stereocenters. The summed E-state index contributed by atoms with van der Waals surface area (Å²) in [7, 11) is -3.46. The number of hydrogen-bond acceptors (Lipinski definition) is 3. The molecule has 0 radical (unpaired) electrons. The zero-order valence-corrected chi connectivity index (χ0v) is 12.1. The fourth-order valence-electron chi connectivity index (χ4n) is 1.69. The van der Waals surface area contributed by atoms with E-state index in [4.69, 9.17) is 11.6 Å². The van der Waals surface area contributed by atoms with Crippen LogP contribution in [0.15, 0.2) is 27.6 Å². The Morgan fingerprint density at radius 2 is 2.24 bits per heavy atom. The highest BCUT2D eigenvalue weighted by Gasteiger charge is 2.22. The monoisotopic (exact) mass is 338 g/mol. The van der Waals surface area contributed by atoms with Gasteiger partial charge in [-0.05, 0) is 47.1 Å². The first-order chi connectivity index (χ1) is 7.99. The van der Waals surface area contributed by atoms with Crippen LogP contribution in [0.4, 0.5) is 0 Å². The minimum Gasteiger partial charge on any atom is -0.315 e. The smallest absolute Gasteiger partial charge is 0.240 e. The van der Waals surface area contributed by atoms with Crippen molar-refractivity contribution < 1.29 is 8.42 Å². The number of sulfonamides is 1. The van der Waals surface area contributed by atoms with Gasteiger partial charge in [-0.15, -0.1) is 0 Å². The fourth-order valence-corrected chi connectivity index (χ4v) is 3.63. The molecule has 1 aromatic carbocycles. The summed E-state index contributed by atoms with van der Waals surface area (Å²) in [6.45, 7) is 1.52. The Bertz CT molecular complexity index is 515. The van der Waals surface area contributed by atoms with Gasteiger partial charge < -0.3 is 5.32 Å². The van der Waals surface area contributed by atoms with Crippen molar-refractivity contribution in [3.05, 3.63) is 27.7 Å². The summed E-state index contributed by atoms with van der Waals surface area (Å²) in [6.07, 6.45) is 0.813. The van der Waals surface area contributed by atoms with Crippen molar-refractivity contribution in [1.82, 2.24) is 10.0 Å². The molecule has 0 aromatic heterocycles. The van der Waals surface area contributed by atoms with Crippen molar-refractivity contribution in [2.75, 3.05) is 13.1 Å².